The molecule has 0 radical (unpaired) electrons. The van der Waals surface area contributed by atoms with E-state index in [1.54, 1.807) is 29.2 Å². The summed E-state index contributed by atoms with van der Waals surface area (Å²) >= 11 is 7.34. The monoisotopic (exact) mass is 928 g/mol. The van der Waals surface area contributed by atoms with E-state index in [1.807, 2.05) is 101 Å². The van der Waals surface area contributed by atoms with Gasteiger partial charge in [0.2, 0.25) is 5.91 Å². The van der Waals surface area contributed by atoms with Gasteiger partial charge in [-0.15, -0.1) is 11.3 Å². The van der Waals surface area contributed by atoms with Crippen LogP contribution in [0.1, 0.15) is 51.0 Å². The highest BCUT2D eigenvalue weighted by atomic mass is 35.5. The number of sulfonamides is 1. The first-order valence-corrected chi connectivity index (χ1v) is 24.2. The van der Waals surface area contributed by atoms with Crippen LogP contribution in [0.3, 0.4) is 0 Å². The minimum atomic E-state index is -3.70. The number of carbonyl (C=O) groups is 3. The summed E-state index contributed by atoms with van der Waals surface area (Å²) in [6.07, 6.45) is 4.13. The zero-order chi connectivity index (χ0) is 45.6. The molecule has 0 spiro atoms. The molecule has 10 rings (SSSR count). The normalized spacial score (nSPS) is 15.1. The summed E-state index contributed by atoms with van der Waals surface area (Å²) in [5, 5.41) is 5.49. The highest BCUT2D eigenvalue weighted by Crippen LogP contribution is 2.39. The van der Waals surface area contributed by atoms with Crippen LogP contribution in [-0.4, -0.2) is 87.3 Å². The number of cyclic esters (lactones) is 1. The Morgan fingerprint density at radius 3 is 2.42 bits per heavy atom. The molecule has 1 saturated heterocycles. The summed E-state index contributed by atoms with van der Waals surface area (Å²) in [7, 11) is 0.371. The van der Waals surface area contributed by atoms with Crippen LogP contribution in [0.15, 0.2) is 107 Å². The predicted octanol–water partition coefficient (Wildman–Crippen LogP) is 10.0. The summed E-state index contributed by atoms with van der Waals surface area (Å²) < 4.78 is 35.6. The molecule has 1 aliphatic carbocycles. The molecule has 2 aliphatic heterocycles. The van der Waals surface area contributed by atoms with Gasteiger partial charge in [-0.3, -0.25) is 24.1 Å². The largest absolute Gasteiger partial charge is 0.444 e. The molecule has 7 aromatic rings. The van der Waals surface area contributed by atoms with Crippen molar-refractivity contribution in [3.8, 4) is 11.1 Å². The number of hydrogen-bond donors (Lipinski definition) is 3. The Labute approximate surface area is 387 Å². The summed E-state index contributed by atoms with van der Waals surface area (Å²) in [6, 6.07) is 30.2. The number of thiophene rings is 1. The van der Waals surface area contributed by atoms with Gasteiger partial charge in [0.1, 0.15) is 10.8 Å². The minimum Gasteiger partial charge on any atom is -0.444 e. The fraction of sp³-hybridized carbons (Fsp3) is 0.260. The molecule has 2 aromatic heterocycles. The number of ether oxygens (including phenoxy) is 1. The average molecular weight is 930 g/mol. The average Bonchev–Trinajstić information content (AvgIpc) is 3.94. The smallest absolute Gasteiger partial charge is 0.414 e. The molecule has 12 nitrogen and oxygen atoms in total. The molecule has 3 aliphatic rings. The van der Waals surface area contributed by atoms with E-state index < -0.39 is 10.0 Å². The Kier molecular flexibility index (Phi) is 12.3. The third kappa shape index (κ3) is 9.14. The minimum absolute atomic E-state index is 0.0247. The van der Waals surface area contributed by atoms with Crippen LogP contribution < -0.4 is 14.9 Å². The molecule has 65 heavy (non-hydrogen) atoms. The number of halogens is 1. The molecular formula is C50H49ClN6O6S2. The number of benzene rings is 5. The van der Waals surface area contributed by atoms with Crippen molar-refractivity contribution in [1.82, 2.24) is 14.8 Å². The Morgan fingerprint density at radius 2 is 1.63 bits per heavy atom. The standard InChI is InChI=1S/C29H27N3O4.C21H22ClN3O2S2/c1-18-6-9-26-19(14-18)17-36-29(35)32(26)21-10-12-31(13-11-21)16-27(33)30-20-7-8-24-25(15-20)22-4-2-3-5-23(22)28(24)34;1-13-17-10-15(22)4-7-20(17)28-21(13)29(26,27)24-16-5-6-19-18(11-16)14(12-23-19)8-9-25(2)3/h2-9,14-15,21H,10-13,16-17H2,1H3,(H,30,33);4-7,10-12,23-24H,8-9H2,1-3H3. The molecule has 15 heteroatoms. The first-order valence-electron chi connectivity index (χ1n) is 21.5. The van der Waals surface area contributed by atoms with Crippen LogP contribution in [0.25, 0.3) is 32.1 Å². The fourth-order valence-electron chi connectivity index (χ4n) is 8.98. The molecule has 0 saturated carbocycles. The van der Waals surface area contributed by atoms with Gasteiger partial charge < -0.3 is 19.9 Å². The highest BCUT2D eigenvalue weighted by Gasteiger charge is 2.35. The van der Waals surface area contributed by atoms with Crippen LogP contribution in [0.4, 0.5) is 21.9 Å². The molecule has 0 bridgehead atoms. The lowest BCUT2D eigenvalue weighted by molar-refractivity contribution is -0.117. The Morgan fingerprint density at radius 1 is 0.877 bits per heavy atom. The number of likely N-dealkylation sites (tertiary alicyclic amines) is 1. The summed E-state index contributed by atoms with van der Waals surface area (Å²) in [4.78, 5) is 47.3. The molecule has 2 amide bonds. The number of rotatable bonds is 10. The summed E-state index contributed by atoms with van der Waals surface area (Å²) in [5.41, 5.74) is 10.4. The Bertz CT molecular complexity index is 3120. The van der Waals surface area contributed by atoms with Crippen LogP contribution in [0.2, 0.25) is 5.02 Å². The van der Waals surface area contributed by atoms with Gasteiger partial charge in [0.25, 0.3) is 10.0 Å². The number of amides is 2. The summed E-state index contributed by atoms with van der Waals surface area (Å²) in [6.45, 7) is 6.80. The maximum Gasteiger partial charge on any atom is 0.414 e. The van der Waals surface area contributed by atoms with Crippen LogP contribution in [-0.2, 0) is 32.6 Å². The number of aromatic nitrogens is 1. The number of ketones is 1. The number of anilines is 3. The topological polar surface area (TPSA) is 144 Å². The number of aromatic amines is 1. The van der Waals surface area contributed by atoms with Gasteiger partial charge in [-0.05, 0) is 136 Å². The number of carbonyl (C=O) groups excluding carboxylic acids is 3. The lowest BCUT2D eigenvalue weighted by atomic mass is 10.00. The van der Waals surface area contributed by atoms with Gasteiger partial charge in [-0.25, -0.2) is 13.2 Å². The van der Waals surface area contributed by atoms with Crippen molar-refractivity contribution in [2.75, 3.05) is 55.2 Å². The molecule has 4 heterocycles. The molecule has 1 fully saturated rings. The number of aryl methyl sites for hydroxylation is 2. The van der Waals surface area contributed by atoms with Crippen molar-refractivity contribution in [3.05, 3.63) is 142 Å². The predicted molar refractivity (Wildman–Crippen MR) is 260 cm³/mol. The second-order valence-corrected chi connectivity index (χ2v) is 20.5. The third-order valence-corrected chi connectivity index (χ3v) is 15.8. The molecule has 334 valence electrons. The maximum absolute atomic E-state index is 13.1. The van der Waals surface area contributed by atoms with E-state index >= 15 is 0 Å². The van der Waals surface area contributed by atoms with E-state index in [2.05, 4.69) is 30.9 Å². The van der Waals surface area contributed by atoms with Crippen molar-refractivity contribution in [1.29, 1.82) is 0 Å². The number of fused-ring (bicyclic) bond motifs is 6. The SMILES string of the molecule is Cc1c(S(=O)(=O)Nc2ccc3[nH]cc(CCN(C)C)c3c2)sc2ccc(Cl)cc12.Cc1ccc2c(c1)COC(=O)N2C1CCN(CC(=O)Nc2ccc3c(c2)-c2ccccc2C3=O)CC1. The van der Waals surface area contributed by atoms with Crippen LogP contribution in [0.5, 0.6) is 0 Å². The van der Waals surface area contributed by atoms with E-state index in [-0.39, 0.29) is 30.4 Å². The van der Waals surface area contributed by atoms with E-state index in [4.69, 9.17) is 16.3 Å². The van der Waals surface area contributed by atoms with Gasteiger partial charge >= 0.3 is 6.09 Å². The first kappa shape index (κ1) is 44.2. The van der Waals surface area contributed by atoms with Crippen molar-refractivity contribution in [2.24, 2.45) is 0 Å². The zero-order valence-electron chi connectivity index (χ0n) is 36.5. The number of nitrogens with one attached hydrogen (secondary N) is 3. The second kappa shape index (κ2) is 18.1. The molecule has 3 N–H and O–H groups in total. The molecular weight excluding hydrogens is 880 g/mol. The molecule has 0 atom stereocenters. The van der Waals surface area contributed by atoms with Crippen molar-refractivity contribution < 1.29 is 27.5 Å². The highest BCUT2D eigenvalue weighted by molar-refractivity contribution is 7.94. The Balaban J connectivity index is 0.000000168. The lowest BCUT2D eigenvalue weighted by Crippen LogP contribution is -2.50. The Hall–Kier alpha value is -6.03. The van der Waals surface area contributed by atoms with Gasteiger partial charge in [0.15, 0.2) is 5.78 Å². The van der Waals surface area contributed by atoms with E-state index in [0.29, 0.717) is 38.3 Å². The van der Waals surface area contributed by atoms with Gasteiger partial charge in [-0.2, -0.15) is 0 Å². The quantitative estimate of drug-likeness (QED) is 0.123. The summed E-state index contributed by atoms with van der Waals surface area (Å²) in [5.74, 6) is -0.0686. The number of nitrogens with zero attached hydrogens (tertiary/aromatic N) is 3. The number of likely N-dealkylation sites (N-methyl/N-ethyl adjacent to an activating group) is 1. The number of piperidine rings is 1. The first-order chi connectivity index (χ1) is 31.2. The second-order valence-electron chi connectivity index (χ2n) is 17.1. The van der Waals surface area contributed by atoms with Crippen LogP contribution >= 0.6 is 22.9 Å². The van der Waals surface area contributed by atoms with E-state index in [9.17, 15) is 22.8 Å². The number of hydrogen-bond acceptors (Lipinski definition) is 9. The van der Waals surface area contributed by atoms with Crippen molar-refractivity contribution in [2.45, 2.75) is 50.0 Å². The third-order valence-electron chi connectivity index (χ3n) is 12.3. The van der Waals surface area contributed by atoms with Gasteiger partial charge in [0.05, 0.1) is 12.2 Å². The maximum atomic E-state index is 13.1. The molecule has 0 unspecified atom stereocenters. The van der Waals surface area contributed by atoms with Gasteiger partial charge in [-0.1, -0.05) is 53.6 Å². The van der Waals surface area contributed by atoms with Crippen molar-refractivity contribution >= 4 is 88.8 Å². The number of H-pyrrole nitrogens is 1. The van der Waals surface area contributed by atoms with Crippen molar-refractivity contribution in [3.63, 3.8) is 0 Å². The lowest BCUT2D eigenvalue weighted by Gasteiger charge is -2.40. The van der Waals surface area contributed by atoms with E-state index in [0.717, 1.165) is 93.4 Å². The zero-order valence-corrected chi connectivity index (χ0v) is 38.9. The van der Waals surface area contributed by atoms with E-state index in [1.165, 1.54) is 16.9 Å². The van der Waals surface area contributed by atoms with Gasteiger partial charge in [0, 0.05) is 80.6 Å². The van der Waals surface area contributed by atoms with Crippen LogP contribution in [0, 0.1) is 13.8 Å². The molecule has 5 aromatic carbocycles. The fourth-order valence-corrected chi connectivity index (χ4v) is 12.0.